The fraction of sp³-hybridized carbons (Fsp3) is 0.143. The summed E-state index contributed by atoms with van der Waals surface area (Å²) in [5.74, 6) is 0. The van der Waals surface area contributed by atoms with E-state index >= 15 is 0 Å². The Morgan fingerprint density at radius 2 is 0.284 bits per heavy atom. The maximum Gasteiger partial charge on any atom is 0.0464 e. The Morgan fingerprint density at radius 1 is 0.148 bits per heavy atom. The summed E-state index contributed by atoms with van der Waals surface area (Å²) in [5.41, 5.74) is 35.5. The lowest BCUT2D eigenvalue weighted by atomic mass is 9.93. The van der Waals surface area contributed by atoms with Gasteiger partial charge in [0, 0.05) is 68.2 Å². The normalized spacial score (nSPS) is 11.2. The monoisotopic (exact) mass is 1140 g/mol. The molecule has 0 aliphatic carbocycles. The molecule has 434 valence electrons. The number of hydrogen-bond acceptors (Lipinski definition) is 4. The molecule has 0 amide bonds. The molecule has 0 saturated heterocycles. The number of hydrogen-bond donors (Lipinski definition) is 0. The van der Waals surface area contributed by atoms with Gasteiger partial charge in [-0.2, -0.15) is 0 Å². The van der Waals surface area contributed by atoms with E-state index in [1.54, 1.807) is 0 Å². The van der Waals surface area contributed by atoms with Gasteiger partial charge in [0.2, 0.25) is 0 Å². The summed E-state index contributed by atoms with van der Waals surface area (Å²) in [6, 6.07) is 94.5. The lowest BCUT2D eigenvalue weighted by Crippen LogP contribution is -2.12. The Morgan fingerprint density at radius 3 is 0.409 bits per heavy atom. The van der Waals surface area contributed by atoms with Crippen LogP contribution in [0.15, 0.2) is 255 Å². The summed E-state index contributed by atoms with van der Waals surface area (Å²) >= 11 is 0. The molecule has 0 atom stereocenters. The average molecular weight is 1140 g/mol. The molecular weight excluding hydrogens is 1060 g/mol. The van der Waals surface area contributed by atoms with E-state index in [4.69, 9.17) is 0 Å². The smallest absolute Gasteiger partial charge is 0.0464 e. The predicted molar refractivity (Wildman–Crippen MR) is 378 cm³/mol. The zero-order valence-electron chi connectivity index (χ0n) is 53.0. The molecular formula is C84H78N4. The van der Waals surface area contributed by atoms with Gasteiger partial charge in [-0.05, 0) is 329 Å². The van der Waals surface area contributed by atoms with Gasteiger partial charge in [0.1, 0.15) is 0 Å². The van der Waals surface area contributed by atoms with Gasteiger partial charge >= 0.3 is 0 Å². The molecule has 0 heterocycles. The van der Waals surface area contributed by atoms with Crippen molar-refractivity contribution in [3.8, 4) is 33.4 Å². The van der Waals surface area contributed by atoms with E-state index in [1.807, 2.05) is 0 Å². The first-order valence-corrected chi connectivity index (χ1v) is 30.8. The molecule has 12 aromatic rings. The molecule has 0 spiro atoms. The van der Waals surface area contributed by atoms with Gasteiger partial charge in [-0.15, -0.1) is 0 Å². The molecule has 0 saturated carbocycles. The Labute approximate surface area is 522 Å². The lowest BCUT2D eigenvalue weighted by Gasteiger charge is -2.29. The largest absolute Gasteiger partial charge is 0.310 e. The lowest BCUT2D eigenvalue weighted by molar-refractivity contribution is 1.24. The standard InChI is InChI=1S/C84H78N4/c1-55-19-13-25-67(43-55)85(68-26-14-20-56(2)44-68)73-31-37-79(61(7)49-73)82-40-34-76(52-64(82)10)88(77-35-41-83(65(11)53-77)80-38-32-74(50-62(80)8)86(69-27-15-21-57(3)45-69)70-28-16-22-58(4)46-70)78-36-42-84(66(12)54-78)81-39-33-75(51-63(81)9)87(71-29-17-23-59(5)47-71)72-30-18-24-60(6)48-72/h13-54H,1-12H3. The van der Waals surface area contributed by atoms with E-state index in [0.29, 0.717) is 0 Å². The molecule has 0 aliphatic rings. The minimum Gasteiger partial charge on any atom is -0.310 e. The van der Waals surface area contributed by atoms with Gasteiger partial charge in [0.25, 0.3) is 0 Å². The highest BCUT2D eigenvalue weighted by Crippen LogP contribution is 2.46. The highest BCUT2D eigenvalue weighted by Gasteiger charge is 2.22. The molecule has 0 bridgehead atoms. The quantitative estimate of drug-likeness (QED) is 0.101. The summed E-state index contributed by atoms with van der Waals surface area (Å²) < 4.78 is 0. The second-order valence-electron chi connectivity index (χ2n) is 24.4. The Bertz CT molecular complexity index is 3990. The first-order chi connectivity index (χ1) is 42.5. The minimum absolute atomic E-state index is 1.10. The van der Waals surface area contributed by atoms with Crippen molar-refractivity contribution in [1.29, 1.82) is 0 Å². The Kier molecular flexibility index (Phi) is 16.3. The summed E-state index contributed by atoms with van der Waals surface area (Å²) in [4.78, 5) is 9.56. The van der Waals surface area contributed by atoms with E-state index in [0.717, 1.165) is 68.2 Å². The van der Waals surface area contributed by atoms with Crippen molar-refractivity contribution in [3.63, 3.8) is 0 Å². The topological polar surface area (TPSA) is 13.0 Å². The second kappa shape index (κ2) is 24.7. The number of rotatable bonds is 15. The van der Waals surface area contributed by atoms with E-state index in [1.165, 1.54) is 100 Å². The van der Waals surface area contributed by atoms with Crippen LogP contribution in [0.3, 0.4) is 0 Å². The van der Waals surface area contributed by atoms with Gasteiger partial charge in [0.05, 0.1) is 0 Å². The van der Waals surface area contributed by atoms with Gasteiger partial charge in [0.15, 0.2) is 0 Å². The Hall–Kier alpha value is -10.2. The van der Waals surface area contributed by atoms with Crippen molar-refractivity contribution in [3.05, 3.63) is 322 Å². The van der Waals surface area contributed by atoms with Crippen LogP contribution in [-0.4, -0.2) is 0 Å². The Balaban J connectivity index is 0.924. The van der Waals surface area contributed by atoms with Crippen LogP contribution in [0, 0.1) is 83.1 Å². The molecule has 4 heteroatoms. The van der Waals surface area contributed by atoms with Crippen molar-refractivity contribution in [1.82, 2.24) is 0 Å². The molecule has 0 N–H and O–H groups in total. The fourth-order valence-corrected chi connectivity index (χ4v) is 12.9. The van der Waals surface area contributed by atoms with E-state index in [9.17, 15) is 0 Å². The van der Waals surface area contributed by atoms with Crippen molar-refractivity contribution in [2.24, 2.45) is 0 Å². The molecule has 4 nitrogen and oxygen atoms in total. The van der Waals surface area contributed by atoms with Crippen LogP contribution >= 0.6 is 0 Å². The molecule has 0 aliphatic heterocycles. The van der Waals surface area contributed by atoms with E-state index in [2.05, 4.69) is 357 Å². The zero-order chi connectivity index (χ0) is 61.3. The minimum atomic E-state index is 1.10. The van der Waals surface area contributed by atoms with Crippen LogP contribution in [0.4, 0.5) is 68.2 Å². The SMILES string of the molecule is Cc1cccc(N(c2cccc(C)c2)c2ccc(-c3ccc(N(c4ccc(-c5ccc(N(c6cccc(C)c6)c6cccc(C)c6)cc5C)c(C)c4)c4ccc(-c5ccc(N(c6cccc(C)c6)c6cccc(C)c6)cc5C)c(C)c4)cc3C)c(C)c2)c1. The average Bonchev–Trinajstić information content (AvgIpc) is 1.88. The molecule has 0 fully saturated rings. The van der Waals surface area contributed by atoms with Crippen LogP contribution in [-0.2, 0) is 0 Å². The van der Waals surface area contributed by atoms with Crippen LogP contribution in [0.25, 0.3) is 33.4 Å². The number of benzene rings is 12. The van der Waals surface area contributed by atoms with Crippen LogP contribution in [0.5, 0.6) is 0 Å². The van der Waals surface area contributed by atoms with Crippen LogP contribution in [0.2, 0.25) is 0 Å². The van der Waals surface area contributed by atoms with Crippen LogP contribution in [0.1, 0.15) is 66.8 Å². The summed E-state index contributed by atoms with van der Waals surface area (Å²) in [6.45, 7) is 26.5. The van der Waals surface area contributed by atoms with Crippen LogP contribution < -0.4 is 19.6 Å². The van der Waals surface area contributed by atoms with E-state index < -0.39 is 0 Å². The molecule has 12 rings (SSSR count). The first kappa shape index (κ1) is 58.2. The summed E-state index contributed by atoms with van der Waals surface area (Å²) in [6.07, 6.45) is 0. The summed E-state index contributed by atoms with van der Waals surface area (Å²) in [7, 11) is 0. The second-order valence-corrected chi connectivity index (χ2v) is 24.4. The number of aryl methyl sites for hydroxylation is 12. The highest BCUT2D eigenvalue weighted by molar-refractivity contribution is 5.88. The highest BCUT2D eigenvalue weighted by atomic mass is 15.2. The third-order valence-corrected chi connectivity index (χ3v) is 17.2. The first-order valence-electron chi connectivity index (χ1n) is 30.8. The van der Waals surface area contributed by atoms with Crippen molar-refractivity contribution in [2.45, 2.75) is 83.1 Å². The molecule has 0 unspecified atom stereocenters. The third-order valence-electron chi connectivity index (χ3n) is 17.2. The van der Waals surface area contributed by atoms with Gasteiger partial charge in [-0.1, -0.05) is 109 Å². The molecule has 0 aromatic heterocycles. The predicted octanol–water partition coefficient (Wildman–Crippen LogP) is 24.3. The molecule has 88 heavy (non-hydrogen) atoms. The van der Waals surface area contributed by atoms with Crippen molar-refractivity contribution in [2.75, 3.05) is 19.6 Å². The zero-order valence-corrected chi connectivity index (χ0v) is 53.0. The maximum absolute atomic E-state index is 2.44. The fourth-order valence-electron chi connectivity index (χ4n) is 12.9. The van der Waals surface area contributed by atoms with Gasteiger partial charge in [-0.25, -0.2) is 0 Å². The third kappa shape index (κ3) is 12.0. The van der Waals surface area contributed by atoms with Gasteiger partial charge < -0.3 is 19.6 Å². The number of nitrogens with zero attached hydrogens (tertiary/aromatic N) is 4. The number of anilines is 12. The van der Waals surface area contributed by atoms with Crippen molar-refractivity contribution < 1.29 is 0 Å². The van der Waals surface area contributed by atoms with Gasteiger partial charge in [-0.3, -0.25) is 0 Å². The molecule has 0 radical (unpaired) electrons. The maximum atomic E-state index is 2.44. The molecule has 12 aromatic carbocycles. The van der Waals surface area contributed by atoms with E-state index in [-0.39, 0.29) is 0 Å². The summed E-state index contributed by atoms with van der Waals surface area (Å²) in [5, 5.41) is 0. The van der Waals surface area contributed by atoms with Crippen molar-refractivity contribution >= 4 is 68.2 Å².